The first kappa shape index (κ1) is 20.1. The van der Waals surface area contributed by atoms with Gasteiger partial charge in [-0.05, 0) is 5.92 Å². The largest absolute Gasteiger partial charge is 0.350 e. The summed E-state index contributed by atoms with van der Waals surface area (Å²) in [6.45, 7) is 5.08. The highest BCUT2D eigenvalue weighted by molar-refractivity contribution is 14.0. The minimum absolute atomic E-state index is 0. The fourth-order valence-corrected chi connectivity index (χ4v) is 2.26. The Bertz CT molecular complexity index is 473. The average molecular weight is 425 g/mol. The Morgan fingerprint density at radius 3 is 2.57 bits per heavy atom. The Balaban J connectivity index is 0.00000400. The van der Waals surface area contributed by atoms with Crippen molar-refractivity contribution >= 4 is 47.2 Å². The molecule has 1 aromatic heterocycles. The molecule has 1 heterocycles. The van der Waals surface area contributed by atoms with Gasteiger partial charge in [-0.1, -0.05) is 13.8 Å². The summed E-state index contributed by atoms with van der Waals surface area (Å²) in [5.74, 6) is 1.04. The maximum absolute atomic E-state index is 11.5. The summed E-state index contributed by atoms with van der Waals surface area (Å²) < 4.78 is 0. The number of carbonyl (C=O) groups is 1. The van der Waals surface area contributed by atoms with E-state index in [4.69, 9.17) is 0 Å². The number of guanidine groups is 1. The Morgan fingerprint density at radius 2 is 2.10 bits per heavy atom. The lowest BCUT2D eigenvalue weighted by atomic mass is 10.2. The van der Waals surface area contributed by atoms with Gasteiger partial charge in [-0.2, -0.15) is 0 Å². The molecule has 2 N–H and O–H groups in total. The highest BCUT2D eigenvalue weighted by Crippen LogP contribution is 2.17. The fraction of sp³-hybridized carbons (Fsp3) is 0.615. The molecule has 0 spiro atoms. The molecule has 1 amide bonds. The molecule has 21 heavy (non-hydrogen) atoms. The summed E-state index contributed by atoms with van der Waals surface area (Å²) in [6.07, 6.45) is 0. The van der Waals surface area contributed by atoms with Crippen molar-refractivity contribution in [3.8, 4) is 0 Å². The summed E-state index contributed by atoms with van der Waals surface area (Å²) >= 11 is 1.63. The van der Waals surface area contributed by atoms with Crippen molar-refractivity contribution in [3.63, 3.8) is 0 Å². The molecule has 0 aliphatic rings. The monoisotopic (exact) mass is 425 g/mol. The molecular formula is C13H24IN5OS. The first-order valence-electron chi connectivity index (χ1n) is 6.53. The highest BCUT2D eigenvalue weighted by Gasteiger charge is 2.08. The summed E-state index contributed by atoms with van der Waals surface area (Å²) in [5, 5.41) is 9.21. The molecular weight excluding hydrogens is 401 g/mol. The van der Waals surface area contributed by atoms with Gasteiger partial charge >= 0.3 is 0 Å². The van der Waals surface area contributed by atoms with Gasteiger partial charge in [0.1, 0.15) is 5.01 Å². The van der Waals surface area contributed by atoms with Crippen LogP contribution in [0.15, 0.2) is 10.4 Å². The number of likely N-dealkylation sites (N-methyl/N-ethyl adjacent to an activating group) is 1. The van der Waals surface area contributed by atoms with Gasteiger partial charge < -0.3 is 15.5 Å². The van der Waals surface area contributed by atoms with Gasteiger partial charge in [0.05, 0.1) is 18.8 Å². The van der Waals surface area contributed by atoms with E-state index in [9.17, 15) is 4.79 Å². The third-order valence-corrected chi connectivity index (χ3v) is 3.56. The molecule has 0 saturated heterocycles. The van der Waals surface area contributed by atoms with Gasteiger partial charge in [-0.25, -0.2) is 4.98 Å². The van der Waals surface area contributed by atoms with Crippen LogP contribution in [0.5, 0.6) is 0 Å². The van der Waals surface area contributed by atoms with Crippen LogP contribution in [-0.4, -0.2) is 49.4 Å². The van der Waals surface area contributed by atoms with Crippen molar-refractivity contribution in [2.45, 2.75) is 26.3 Å². The molecule has 0 aliphatic carbocycles. The molecule has 0 atom stereocenters. The van der Waals surface area contributed by atoms with Crippen LogP contribution in [0.2, 0.25) is 0 Å². The SMILES string of the molecule is CN=C(NCC(=O)N(C)C)NCc1nc(C(C)C)cs1.I. The third-order valence-electron chi connectivity index (χ3n) is 2.70. The standard InChI is InChI=1S/C13H23N5OS.HI/c1-9(2)10-8-20-11(17-10)6-15-13(14-3)16-7-12(19)18(4)5;/h8-9H,6-7H2,1-5H3,(H2,14,15,16);1H. The number of carbonyl (C=O) groups excluding carboxylic acids is 1. The van der Waals surface area contributed by atoms with Crippen molar-refractivity contribution in [1.29, 1.82) is 0 Å². The van der Waals surface area contributed by atoms with E-state index in [1.807, 2.05) is 0 Å². The zero-order valence-corrected chi connectivity index (χ0v) is 16.3. The number of nitrogens with one attached hydrogen (secondary N) is 2. The Kier molecular flexibility index (Phi) is 9.51. The van der Waals surface area contributed by atoms with Crippen molar-refractivity contribution in [3.05, 3.63) is 16.1 Å². The molecule has 0 saturated carbocycles. The molecule has 0 unspecified atom stereocenters. The van der Waals surface area contributed by atoms with E-state index >= 15 is 0 Å². The minimum Gasteiger partial charge on any atom is -0.350 e. The molecule has 120 valence electrons. The molecule has 0 aliphatic heterocycles. The number of aromatic nitrogens is 1. The lowest BCUT2D eigenvalue weighted by Crippen LogP contribution is -2.42. The topological polar surface area (TPSA) is 69.6 Å². The van der Waals surface area contributed by atoms with Gasteiger partial charge in [0.25, 0.3) is 0 Å². The first-order chi connectivity index (χ1) is 9.43. The zero-order valence-electron chi connectivity index (χ0n) is 13.1. The number of amides is 1. The quantitative estimate of drug-likeness (QED) is 0.428. The number of thiazole rings is 1. The van der Waals surface area contributed by atoms with E-state index < -0.39 is 0 Å². The van der Waals surface area contributed by atoms with E-state index in [2.05, 4.69) is 39.8 Å². The summed E-state index contributed by atoms with van der Waals surface area (Å²) in [4.78, 5) is 21.6. The lowest BCUT2D eigenvalue weighted by molar-refractivity contribution is -0.127. The zero-order chi connectivity index (χ0) is 15.1. The first-order valence-corrected chi connectivity index (χ1v) is 7.41. The van der Waals surface area contributed by atoms with Crippen LogP contribution in [-0.2, 0) is 11.3 Å². The number of halogens is 1. The van der Waals surface area contributed by atoms with E-state index in [-0.39, 0.29) is 36.4 Å². The molecule has 8 heteroatoms. The van der Waals surface area contributed by atoms with Crippen molar-refractivity contribution in [2.75, 3.05) is 27.7 Å². The fourth-order valence-electron chi connectivity index (χ4n) is 1.37. The molecule has 6 nitrogen and oxygen atoms in total. The average Bonchev–Trinajstić information content (AvgIpc) is 2.87. The van der Waals surface area contributed by atoms with Crippen LogP contribution in [0.3, 0.4) is 0 Å². The number of hydrogen-bond donors (Lipinski definition) is 2. The van der Waals surface area contributed by atoms with Crippen LogP contribution >= 0.6 is 35.3 Å². The van der Waals surface area contributed by atoms with Crippen LogP contribution in [0.25, 0.3) is 0 Å². The van der Waals surface area contributed by atoms with E-state index in [1.165, 1.54) is 4.90 Å². The molecule has 0 fully saturated rings. The number of aliphatic imine (C=N–C) groups is 1. The van der Waals surface area contributed by atoms with Gasteiger partial charge in [-0.3, -0.25) is 9.79 Å². The van der Waals surface area contributed by atoms with Crippen molar-refractivity contribution in [1.82, 2.24) is 20.5 Å². The Hall–Kier alpha value is -0.900. The van der Waals surface area contributed by atoms with Crippen molar-refractivity contribution < 1.29 is 4.79 Å². The molecule has 0 bridgehead atoms. The van der Waals surface area contributed by atoms with Gasteiger partial charge in [0.2, 0.25) is 5.91 Å². The van der Waals surface area contributed by atoms with Crippen LogP contribution < -0.4 is 10.6 Å². The summed E-state index contributed by atoms with van der Waals surface area (Å²) in [5.41, 5.74) is 1.11. The predicted octanol–water partition coefficient (Wildman–Crippen LogP) is 1.64. The number of rotatable bonds is 5. The van der Waals surface area contributed by atoms with Crippen LogP contribution in [0.4, 0.5) is 0 Å². The van der Waals surface area contributed by atoms with Crippen LogP contribution in [0, 0.1) is 0 Å². The maximum Gasteiger partial charge on any atom is 0.241 e. The molecule has 0 radical (unpaired) electrons. The Labute approximate surface area is 147 Å². The lowest BCUT2D eigenvalue weighted by Gasteiger charge is -2.13. The van der Waals surface area contributed by atoms with E-state index in [0.29, 0.717) is 18.4 Å². The van der Waals surface area contributed by atoms with Crippen molar-refractivity contribution in [2.24, 2.45) is 4.99 Å². The highest BCUT2D eigenvalue weighted by atomic mass is 127. The molecule has 1 aromatic rings. The van der Waals surface area contributed by atoms with E-state index in [1.54, 1.807) is 32.5 Å². The predicted molar refractivity (Wildman–Crippen MR) is 98.5 cm³/mol. The molecule has 1 rings (SSSR count). The second-order valence-corrected chi connectivity index (χ2v) is 5.83. The third kappa shape index (κ3) is 7.07. The van der Waals surface area contributed by atoms with Crippen LogP contribution in [0.1, 0.15) is 30.5 Å². The van der Waals surface area contributed by atoms with Gasteiger partial charge in [0.15, 0.2) is 5.96 Å². The number of hydrogen-bond acceptors (Lipinski definition) is 4. The summed E-state index contributed by atoms with van der Waals surface area (Å²) in [6, 6.07) is 0. The van der Waals surface area contributed by atoms with E-state index in [0.717, 1.165) is 10.7 Å². The Morgan fingerprint density at radius 1 is 1.43 bits per heavy atom. The second-order valence-electron chi connectivity index (χ2n) is 4.89. The maximum atomic E-state index is 11.5. The van der Waals surface area contributed by atoms with Gasteiger partial charge in [0, 0.05) is 26.5 Å². The normalized spacial score (nSPS) is 11.0. The number of nitrogens with zero attached hydrogens (tertiary/aromatic N) is 3. The van der Waals surface area contributed by atoms with Gasteiger partial charge in [-0.15, -0.1) is 35.3 Å². The summed E-state index contributed by atoms with van der Waals surface area (Å²) in [7, 11) is 5.13. The smallest absolute Gasteiger partial charge is 0.241 e. The molecule has 0 aromatic carbocycles. The second kappa shape index (κ2) is 9.93. The minimum atomic E-state index is 0.